The van der Waals surface area contributed by atoms with E-state index in [0.29, 0.717) is 18.0 Å². The summed E-state index contributed by atoms with van der Waals surface area (Å²) < 4.78 is 4.88. The van der Waals surface area contributed by atoms with E-state index in [-0.39, 0.29) is 17.4 Å². The molecule has 0 aromatic heterocycles. The van der Waals surface area contributed by atoms with Crippen LogP contribution in [0.3, 0.4) is 0 Å². The van der Waals surface area contributed by atoms with Gasteiger partial charge in [-0.15, -0.1) is 11.8 Å². The van der Waals surface area contributed by atoms with Gasteiger partial charge in [0.1, 0.15) is 12.3 Å². The van der Waals surface area contributed by atoms with Crippen molar-refractivity contribution in [2.75, 3.05) is 36.7 Å². The molecular formula is C13H17NO5S. The molecule has 0 saturated heterocycles. The number of ether oxygens (including phenoxy) is 1. The van der Waals surface area contributed by atoms with Gasteiger partial charge in [-0.3, -0.25) is 9.59 Å². The number of carboxylic acid groups (broad SMARTS) is 1. The molecule has 0 aliphatic carbocycles. The predicted molar refractivity (Wildman–Crippen MR) is 77.3 cm³/mol. The Labute approximate surface area is 121 Å². The number of carbonyl (C=O) groups is 2. The number of benzene rings is 1. The van der Waals surface area contributed by atoms with Gasteiger partial charge in [0.05, 0.1) is 12.4 Å². The van der Waals surface area contributed by atoms with Gasteiger partial charge in [0.2, 0.25) is 5.91 Å². The second-order valence-electron chi connectivity index (χ2n) is 3.94. The van der Waals surface area contributed by atoms with E-state index in [1.54, 1.807) is 7.11 Å². The van der Waals surface area contributed by atoms with Crippen molar-refractivity contribution in [3.63, 3.8) is 0 Å². The zero-order valence-electron chi connectivity index (χ0n) is 11.1. The highest BCUT2D eigenvalue weighted by Crippen LogP contribution is 2.19. The van der Waals surface area contributed by atoms with Gasteiger partial charge in [-0.25, -0.2) is 0 Å². The molecule has 0 saturated carbocycles. The highest BCUT2D eigenvalue weighted by Gasteiger charge is 2.18. The molecule has 2 N–H and O–H groups in total. The largest absolute Gasteiger partial charge is 0.508 e. The van der Waals surface area contributed by atoms with Crippen molar-refractivity contribution in [1.29, 1.82) is 0 Å². The minimum Gasteiger partial charge on any atom is -0.508 e. The van der Waals surface area contributed by atoms with Crippen molar-refractivity contribution in [2.24, 2.45) is 0 Å². The lowest BCUT2D eigenvalue weighted by Crippen LogP contribution is -2.37. The van der Waals surface area contributed by atoms with E-state index in [1.807, 2.05) is 0 Å². The lowest BCUT2D eigenvalue weighted by atomic mass is 10.2. The Morgan fingerprint density at radius 2 is 1.95 bits per heavy atom. The number of carbonyl (C=O) groups excluding carboxylic acids is 1. The van der Waals surface area contributed by atoms with E-state index in [4.69, 9.17) is 9.84 Å². The number of rotatable bonds is 8. The number of phenols is 1. The molecule has 1 aromatic carbocycles. The summed E-state index contributed by atoms with van der Waals surface area (Å²) in [4.78, 5) is 24.1. The monoisotopic (exact) mass is 299 g/mol. The fourth-order valence-corrected chi connectivity index (χ4v) is 2.23. The SMILES string of the molecule is COCCSCC(=O)N(CC(=O)O)c1ccc(O)cc1. The molecule has 0 unspecified atom stereocenters. The Hall–Kier alpha value is -1.73. The number of methoxy groups -OCH3 is 1. The number of amides is 1. The van der Waals surface area contributed by atoms with Gasteiger partial charge in [0.15, 0.2) is 0 Å². The number of hydrogen-bond donors (Lipinski definition) is 2. The molecule has 0 radical (unpaired) electrons. The summed E-state index contributed by atoms with van der Waals surface area (Å²) in [6, 6.07) is 5.84. The van der Waals surface area contributed by atoms with Crippen LogP contribution in [0.15, 0.2) is 24.3 Å². The molecular weight excluding hydrogens is 282 g/mol. The molecule has 110 valence electrons. The van der Waals surface area contributed by atoms with Crippen molar-refractivity contribution in [3.05, 3.63) is 24.3 Å². The van der Waals surface area contributed by atoms with E-state index in [0.717, 1.165) is 0 Å². The van der Waals surface area contributed by atoms with Crippen molar-refractivity contribution in [2.45, 2.75) is 0 Å². The zero-order chi connectivity index (χ0) is 15.0. The van der Waals surface area contributed by atoms with Crippen LogP contribution in [0.4, 0.5) is 5.69 Å². The van der Waals surface area contributed by atoms with E-state index < -0.39 is 12.5 Å². The number of thioether (sulfide) groups is 1. The summed E-state index contributed by atoms with van der Waals surface area (Å²) in [6.07, 6.45) is 0. The molecule has 0 fully saturated rings. The molecule has 1 rings (SSSR count). The quantitative estimate of drug-likeness (QED) is 0.701. The number of aromatic hydroxyl groups is 1. The molecule has 20 heavy (non-hydrogen) atoms. The Kier molecular flexibility index (Phi) is 6.89. The van der Waals surface area contributed by atoms with Crippen LogP contribution in [-0.4, -0.2) is 53.9 Å². The summed E-state index contributed by atoms with van der Waals surface area (Å²) in [5.41, 5.74) is 0.447. The van der Waals surface area contributed by atoms with Crippen LogP contribution in [0.1, 0.15) is 0 Å². The van der Waals surface area contributed by atoms with Crippen molar-refractivity contribution in [3.8, 4) is 5.75 Å². The number of nitrogens with zero attached hydrogens (tertiary/aromatic N) is 1. The number of carboxylic acids is 1. The lowest BCUT2D eigenvalue weighted by molar-refractivity contribution is -0.136. The predicted octanol–water partition coefficient (Wildman–Crippen LogP) is 1.19. The van der Waals surface area contributed by atoms with Gasteiger partial charge in [-0.05, 0) is 24.3 Å². The lowest BCUT2D eigenvalue weighted by Gasteiger charge is -2.20. The third kappa shape index (κ3) is 5.50. The maximum absolute atomic E-state index is 12.1. The van der Waals surface area contributed by atoms with Crippen LogP contribution in [0.5, 0.6) is 5.75 Å². The number of anilines is 1. The van der Waals surface area contributed by atoms with Crippen LogP contribution in [-0.2, 0) is 14.3 Å². The molecule has 1 aromatic rings. The van der Waals surface area contributed by atoms with E-state index in [2.05, 4.69) is 0 Å². The van der Waals surface area contributed by atoms with Gasteiger partial charge in [-0.1, -0.05) is 0 Å². The average Bonchev–Trinajstić information content (AvgIpc) is 2.42. The van der Waals surface area contributed by atoms with Crippen LogP contribution >= 0.6 is 11.8 Å². The normalized spacial score (nSPS) is 10.2. The number of hydrogen-bond acceptors (Lipinski definition) is 5. The maximum atomic E-state index is 12.1. The molecule has 0 atom stereocenters. The average molecular weight is 299 g/mol. The minimum atomic E-state index is -1.09. The first-order valence-corrected chi connectivity index (χ1v) is 7.08. The summed E-state index contributed by atoms with van der Waals surface area (Å²) in [6.45, 7) is 0.129. The third-order valence-electron chi connectivity index (χ3n) is 2.41. The van der Waals surface area contributed by atoms with Crippen molar-refractivity contribution < 1.29 is 24.5 Å². The molecule has 6 nitrogen and oxygen atoms in total. The molecule has 0 bridgehead atoms. The Morgan fingerprint density at radius 3 is 2.50 bits per heavy atom. The Bertz CT molecular complexity index is 449. The molecule has 0 spiro atoms. The van der Waals surface area contributed by atoms with Crippen LogP contribution in [0.25, 0.3) is 0 Å². The van der Waals surface area contributed by atoms with Gasteiger partial charge < -0.3 is 19.8 Å². The van der Waals surface area contributed by atoms with Crippen molar-refractivity contribution >= 4 is 29.3 Å². The topological polar surface area (TPSA) is 87.1 Å². The second-order valence-corrected chi connectivity index (χ2v) is 5.04. The summed E-state index contributed by atoms with van der Waals surface area (Å²) in [5, 5.41) is 18.1. The van der Waals surface area contributed by atoms with E-state index in [1.165, 1.54) is 40.9 Å². The fraction of sp³-hybridized carbons (Fsp3) is 0.385. The number of aliphatic carboxylic acids is 1. The van der Waals surface area contributed by atoms with Crippen molar-refractivity contribution in [1.82, 2.24) is 0 Å². The molecule has 7 heteroatoms. The van der Waals surface area contributed by atoms with Gasteiger partial charge in [0, 0.05) is 18.6 Å². The number of phenolic OH excluding ortho intramolecular Hbond substituents is 1. The van der Waals surface area contributed by atoms with Crippen LogP contribution in [0, 0.1) is 0 Å². The summed E-state index contributed by atoms with van der Waals surface area (Å²) in [5.74, 6) is -0.477. The van der Waals surface area contributed by atoms with E-state index in [9.17, 15) is 14.7 Å². The first-order chi connectivity index (χ1) is 9.54. The Balaban J connectivity index is 2.70. The summed E-state index contributed by atoms with van der Waals surface area (Å²) >= 11 is 1.38. The van der Waals surface area contributed by atoms with E-state index >= 15 is 0 Å². The molecule has 1 amide bonds. The smallest absolute Gasteiger partial charge is 0.323 e. The van der Waals surface area contributed by atoms with Crippen LogP contribution < -0.4 is 4.90 Å². The molecule has 0 aliphatic heterocycles. The van der Waals surface area contributed by atoms with Gasteiger partial charge >= 0.3 is 5.97 Å². The van der Waals surface area contributed by atoms with Crippen LogP contribution in [0.2, 0.25) is 0 Å². The standard InChI is InChI=1S/C13H17NO5S/c1-19-6-7-20-9-12(16)14(8-13(17)18)10-2-4-11(15)5-3-10/h2-5,15H,6-9H2,1H3,(H,17,18). The Morgan fingerprint density at radius 1 is 1.30 bits per heavy atom. The fourth-order valence-electron chi connectivity index (χ4n) is 1.47. The first kappa shape index (κ1) is 16.3. The third-order valence-corrected chi connectivity index (χ3v) is 3.32. The minimum absolute atomic E-state index is 0.0611. The van der Waals surface area contributed by atoms with Gasteiger partial charge in [0.25, 0.3) is 0 Å². The molecule has 0 heterocycles. The van der Waals surface area contributed by atoms with Gasteiger partial charge in [-0.2, -0.15) is 0 Å². The molecule has 0 aliphatic rings. The first-order valence-electron chi connectivity index (χ1n) is 5.92. The zero-order valence-corrected chi connectivity index (χ0v) is 11.9. The maximum Gasteiger partial charge on any atom is 0.323 e. The highest BCUT2D eigenvalue weighted by molar-refractivity contribution is 7.99. The summed E-state index contributed by atoms with van der Waals surface area (Å²) in [7, 11) is 1.58. The highest BCUT2D eigenvalue weighted by atomic mass is 32.2. The second kappa shape index (κ2) is 8.44.